The second kappa shape index (κ2) is 5.36. The molecule has 9 atom stereocenters. The summed E-state index contributed by atoms with van der Waals surface area (Å²) in [6.07, 6.45) is 8.15. The zero-order chi connectivity index (χ0) is 18.5. The highest BCUT2D eigenvalue weighted by Crippen LogP contribution is 2.69. The van der Waals surface area contributed by atoms with Crippen molar-refractivity contribution in [3.8, 4) is 0 Å². The summed E-state index contributed by atoms with van der Waals surface area (Å²) in [4.78, 5) is 0. The second-order valence-electron chi connectivity index (χ2n) is 11.0. The first-order chi connectivity index (χ1) is 12.2. The maximum atomic E-state index is 10.4. The summed E-state index contributed by atoms with van der Waals surface area (Å²) < 4.78 is 13.1. The standard InChI is InChI=1S/C23H36O3/c1-13-6-7-15-18-16(9-11-22(13,15)4)23(5)10-8-14(24)12-17(23)19-20(18)26-21(2,3)25-19/h14-20,24H,1,6-12H2,2-5H3/t14-,15-,16-,17+,18-,19+,20+,22+,23+/m0/s1. The van der Waals surface area contributed by atoms with Crippen molar-refractivity contribution in [1.82, 2.24) is 0 Å². The molecule has 3 heteroatoms. The molecule has 0 bridgehead atoms. The largest absolute Gasteiger partial charge is 0.393 e. The van der Waals surface area contributed by atoms with Gasteiger partial charge in [0.25, 0.3) is 0 Å². The Labute approximate surface area is 158 Å². The minimum atomic E-state index is -0.503. The van der Waals surface area contributed by atoms with Gasteiger partial charge in [0, 0.05) is 0 Å². The van der Waals surface area contributed by atoms with E-state index in [0.29, 0.717) is 29.1 Å². The minimum Gasteiger partial charge on any atom is -0.393 e. The SMILES string of the molecule is C=C1CC[C@H]2[C@@H]3[C@H]4OC(C)(C)O[C@@H]4[C@H]4C[C@@H](O)CC[C@]4(C)[C@H]3CC[C@]12C. The lowest BCUT2D eigenvalue weighted by atomic mass is 9.43. The molecule has 5 aliphatic rings. The van der Waals surface area contributed by atoms with Crippen LogP contribution in [0.5, 0.6) is 0 Å². The quantitative estimate of drug-likeness (QED) is 0.637. The molecule has 0 spiro atoms. The second-order valence-corrected chi connectivity index (χ2v) is 11.0. The van der Waals surface area contributed by atoms with Gasteiger partial charge in [0.2, 0.25) is 0 Å². The smallest absolute Gasteiger partial charge is 0.163 e. The van der Waals surface area contributed by atoms with E-state index in [1.165, 1.54) is 31.3 Å². The highest BCUT2D eigenvalue weighted by atomic mass is 16.8. The van der Waals surface area contributed by atoms with Gasteiger partial charge in [-0.1, -0.05) is 26.0 Å². The molecule has 1 heterocycles. The van der Waals surface area contributed by atoms with Gasteiger partial charge in [-0.15, -0.1) is 0 Å². The van der Waals surface area contributed by atoms with Crippen LogP contribution < -0.4 is 0 Å². The van der Waals surface area contributed by atoms with Crippen LogP contribution >= 0.6 is 0 Å². The van der Waals surface area contributed by atoms with Crippen molar-refractivity contribution in [3.63, 3.8) is 0 Å². The van der Waals surface area contributed by atoms with E-state index in [1.54, 1.807) is 0 Å². The fourth-order valence-corrected chi connectivity index (χ4v) is 8.07. The summed E-state index contributed by atoms with van der Waals surface area (Å²) in [6.45, 7) is 13.6. The van der Waals surface area contributed by atoms with E-state index in [-0.39, 0.29) is 23.7 Å². The molecule has 3 nitrogen and oxygen atoms in total. The fourth-order valence-electron chi connectivity index (χ4n) is 8.07. The van der Waals surface area contributed by atoms with Crippen molar-refractivity contribution in [2.45, 2.75) is 96.7 Å². The molecule has 1 aliphatic heterocycles. The Bertz CT molecular complexity index is 627. The third-order valence-electron chi connectivity index (χ3n) is 9.46. The average Bonchev–Trinajstić information content (AvgIpc) is 3.05. The normalized spacial score (nSPS) is 57.9. The molecule has 0 aromatic rings. The van der Waals surface area contributed by atoms with E-state index in [2.05, 4.69) is 34.3 Å². The minimum absolute atomic E-state index is 0.141. The number of aliphatic hydroxyl groups is 1. The van der Waals surface area contributed by atoms with Crippen LogP contribution in [0.1, 0.15) is 72.6 Å². The molecular formula is C23H36O3. The van der Waals surface area contributed by atoms with Gasteiger partial charge in [0.15, 0.2) is 5.79 Å². The number of ether oxygens (including phenoxy) is 2. The molecule has 0 aromatic carbocycles. The van der Waals surface area contributed by atoms with E-state index in [9.17, 15) is 5.11 Å². The lowest BCUT2D eigenvalue weighted by molar-refractivity contribution is -0.182. The lowest BCUT2D eigenvalue weighted by Gasteiger charge is -2.62. The summed E-state index contributed by atoms with van der Waals surface area (Å²) >= 11 is 0. The van der Waals surface area contributed by atoms with E-state index in [1.807, 2.05) is 0 Å². The Hall–Kier alpha value is -0.380. The van der Waals surface area contributed by atoms with E-state index < -0.39 is 5.79 Å². The van der Waals surface area contributed by atoms with Crippen LogP contribution in [0.3, 0.4) is 0 Å². The first-order valence-electron chi connectivity index (χ1n) is 10.9. The van der Waals surface area contributed by atoms with Crippen molar-refractivity contribution in [2.24, 2.45) is 34.5 Å². The van der Waals surface area contributed by atoms with Gasteiger partial charge >= 0.3 is 0 Å². The predicted octanol–water partition coefficient (Wildman–Crippen LogP) is 4.69. The van der Waals surface area contributed by atoms with Crippen molar-refractivity contribution in [3.05, 3.63) is 12.2 Å². The Balaban J connectivity index is 1.59. The fraction of sp³-hybridized carbons (Fsp3) is 0.913. The third-order valence-corrected chi connectivity index (χ3v) is 9.46. The number of rotatable bonds is 0. The summed E-state index contributed by atoms with van der Waals surface area (Å²) in [5, 5.41) is 10.4. The maximum Gasteiger partial charge on any atom is 0.163 e. The highest BCUT2D eigenvalue weighted by molar-refractivity contribution is 5.23. The van der Waals surface area contributed by atoms with Crippen LogP contribution in [0.4, 0.5) is 0 Å². The van der Waals surface area contributed by atoms with Crippen molar-refractivity contribution in [2.75, 3.05) is 0 Å². The Kier molecular flexibility index (Phi) is 3.65. The van der Waals surface area contributed by atoms with Crippen LogP contribution in [0.15, 0.2) is 12.2 Å². The average molecular weight is 361 g/mol. The van der Waals surface area contributed by atoms with Crippen LogP contribution in [-0.2, 0) is 9.47 Å². The number of aliphatic hydroxyl groups excluding tert-OH is 1. The molecule has 146 valence electrons. The number of hydrogen-bond acceptors (Lipinski definition) is 3. The highest BCUT2D eigenvalue weighted by Gasteiger charge is 2.67. The Morgan fingerprint density at radius 2 is 1.65 bits per heavy atom. The molecule has 0 radical (unpaired) electrons. The predicted molar refractivity (Wildman–Crippen MR) is 101 cm³/mol. The van der Waals surface area contributed by atoms with Crippen LogP contribution in [0, 0.1) is 34.5 Å². The van der Waals surface area contributed by atoms with Gasteiger partial charge in [-0.3, -0.25) is 0 Å². The topological polar surface area (TPSA) is 38.7 Å². The van der Waals surface area contributed by atoms with E-state index in [0.717, 1.165) is 19.3 Å². The van der Waals surface area contributed by atoms with Crippen LogP contribution in [-0.4, -0.2) is 29.2 Å². The van der Waals surface area contributed by atoms with E-state index in [4.69, 9.17) is 9.47 Å². The lowest BCUT2D eigenvalue weighted by Crippen LogP contribution is -2.63. The maximum absolute atomic E-state index is 10.4. The number of fused-ring (bicyclic) bond motifs is 8. The van der Waals surface area contributed by atoms with E-state index >= 15 is 0 Å². The van der Waals surface area contributed by atoms with Gasteiger partial charge in [-0.05, 0) is 93.3 Å². The molecule has 5 rings (SSSR count). The molecular weight excluding hydrogens is 324 g/mol. The van der Waals surface area contributed by atoms with Crippen LogP contribution in [0.2, 0.25) is 0 Å². The zero-order valence-corrected chi connectivity index (χ0v) is 17.0. The first kappa shape index (κ1) is 17.7. The molecule has 4 aliphatic carbocycles. The zero-order valence-electron chi connectivity index (χ0n) is 17.0. The van der Waals surface area contributed by atoms with Gasteiger partial charge < -0.3 is 14.6 Å². The molecule has 0 unspecified atom stereocenters. The number of allylic oxidation sites excluding steroid dienone is 1. The monoisotopic (exact) mass is 360 g/mol. The van der Waals surface area contributed by atoms with Crippen LogP contribution in [0.25, 0.3) is 0 Å². The third kappa shape index (κ3) is 2.17. The summed E-state index contributed by atoms with van der Waals surface area (Å²) in [5.41, 5.74) is 2.04. The first-order valence-corrected chi connectivity index (χ1v) is 10.9. The number of hydrogen-bond donors (Lipinski definition) is 1. The molecule has 5 fully saturated rings. The van der Waals surface area contributed by atoms with Crippen molar-refractivity contribution >= 4 is 0 Å². The molecule has 1 saturated heterocycles. The molecule has 1 N–H and O–H groups in total. The van der Waals surface area contributed by atoms with Gasteiger partial charge in [-0.25, -0.2) is 0 Å². The summed E-state index contributed by atoms with van der Waals surface area (Å²) in [6, 6.07) is 0. The summed E-state index contributed by atoms with van der Waals surface area (Å²) in [5.74, 6) is 1.88. The van der Waals surface area contributed by atoms with Crippen molar-refractivity contribution < 1.29 is 14.6 Å². The molecule has 0 amide bonds. The Morgan fingerprint density at radius 3 is 2.42 bits per heavy atom. The summed E-state index contributed by atoms with van der Waals surface area (Å²) in [7, 11) is 0. The molecule has 26 heavy (non-hydrogen) atoms. The van der Waals surface area contributed by atoms with Gasteiger partial charge in [0.05, 0.1) is 18.3 Å². The van der Waals surface area contributed by atoms with Gasteiger partial charge in [-0.2, -0.15) is 0 Å². The van der Waals surface area contributed by atoms with Gasteiger partial charge in [0.1, 0.15) is 0 Å². The Morgan fingerprint density at radius 1 is 0.923 bits per heavy atom. The van der Waals surface area contributed by atoms with Crippen molar-refractivity contribution in [1.29, 1.82) is 0 Å². The molecule has 4 saturated carbocycles. The molecule has 0 aromatic heterocycles.